The van der Waals surface area contributed by atoms with E-state index < -0.39 is 30.2 Å². The average molecular weight is 378 g/mol. The minimum absolute atomic E-state index is 0.179. The van der Waals surface area contributed by atoms with Gasteiger partial charge in [-0.15, -0.1) is 0 Å². The van der Waals surface area contributed by atoms with Crippen molar-refractivity contribution in [3.05, 3.63) is 58.4 Å². The Morgan fingerprint density at radius 2 is 2.12 bits per heavy atom. The molecule has 1 aliphatic rings. The average Bonchev–Trinajstić information content (AvgIpc) is 2.62. The second-order valence-corrected chi connectivity index (χ2v) is 6.52. The van der Waals surface area contributed by atoms with Gasteiger partial charge in [-0.05, 0) is 54.8 Å². The highest BCUT2D eigenvalue weighted by Gasteiger charge is 2.28. The maximum Gasteiger partial charge on any atom is 0.313 e. The quantitative estimate of drug-likeness (QED) is 0.828. The third-order valence-electron chi connectivity index (χ3n) is 4.06. The first-order chi connectivity index (χ1) is 12.4. The minimum atomic E-state index is -0.540. The SMILES string of the molecule is Cc1ccc(NC(=O)COC(=O)[C@H]2COc3ccc(Cl)cc3C2)cc1F. The van der Waals surface area contributed by atoms with Crippen molar-refractivity contribution in [3.8, 4) is 5.75 Å². The summed E-state index contributed by atoms with van der Waals surface area (Å²) in [6, 6.07) is 9.57. The summed E-state index contributed by atoms with van der Waals surface area (Å²) in [6.07, 6.45) is 0.430. The molecule has 0 fully saturated rings. The molecule has 0 radical (unpaired) electrons. The van der Waals surface area contributed by atoms with Gasteiger partial charge in [-0.1, -0.05) is 17.7 Å². The molecule has 0 unspecified atom stereocenters. The van der Waals surface area contributed by atoms with E-state index in [4.69, 9.17) is 21.1 Å². The van der Waals surface area contributed by atoms with E-state index in [1.54, 1.807) is 37.3 Å². The monoisotopic (exact) mass is 377 g/mol. The minimum Gasteiger partial charge on any atom is -0.492 e. The van der Waals surface area contributed by atoms with E-state index in [-0.39, 0.29) is 6.61 Å². The first kappa shape index (κ1) is 18.2. The number of ether oxygens (including phenoxy) is 2. The van der Waals surface area contributed by atoms with Crippen LogP contribution in [0, 0.1) is 18.7 Å². The van der Waals surface area contributed by atoms with Crippen molar-refractivity contribution in [2.24, 2.45) is 5.92 Å². The predicted octanol–water partition coefficient (Wildman–Crippen LogP) is 3.52. The highest BCUT2D eigenvalue weighted by atomic mass is 35.5. The fourth-order valence-corrected chi connectivity index (χ4v) is 2.83. The number of esters is 1. The number of rotatable bonds is 4. The van der Waals surface area contributed by atoms with Crippen LogP contribution in [0.4, 0.5) is 10.1 Å². The summed E-state index contributed by atoms with van der Waals surface area (Å²) in [4.78, 5) is 24.1. The lowest BCUT2D eigenvalue weighted by atomic mass is 9.97. The fraction of sp³-hybridized carbons (Fsp3) is 0.263. The number of nitrogens with one attached hydrogen (secondary N) is 1. The summed E-state index contributed by atoms with van der Waals surface area (Å²) in [5.74, 6) is -1.30. The molecule has 2 aromatic rings. The molecule has 0 saturated carbocycles. The molecule has 136 valence electrons. The zero-order chi connectivity index (χ0) is 18.7. The molecular formula is C19H17ClFNO4. The van der Waals surface area contributed by atoms with Crippen molar-refractivity contribution in [2.75, 3.05) is 18.5 Å². The number of aryl methyl sites for hydroxylation is 1. The van der Waals surface area contributed by atoms with E-state index in [2.05, 4.69) is 5.32 Å². The van der Waals surface area contributed by atoms with Gasteiger partial charge >= 0.3 is 5.97 Å². The van der Waals surface area contributed by atoms with Crippen molar-refractivity contribution in [1.82, 2.24) is 0 Å². The second kappa shape index (κ2) is 7.74. The molecule has 0 saturated heterocycles. The second-order valence-electron chi connectivity index (χ2n) is 6.08. The number of anilines is 1. The lowest BCUT2D eigenvalue weighted by molar-refractivity contribution is -0.152. The Hall–Kier alpha value is -2.60. The molecule has 2 aromatic carbocycles. The highest BCUT2D eigenvalue weighted by molar-refractivity contribution is 6.30. The number of fused-ring (bicyclic) bond motifs is 1. The van der Waals surface area contributed by atoms with Crippen LogP contribution in [0.15, 0.2) is 36.4 Å². The highest BCUT2D eigenvalue weighted by Crippen LogP contribution is 2.30. The number of carbonyl (C=O) groups is 2. The number of halogens is 2. The normalized spacial score (nSPS) is 15.6. The summed E-state index contributed by atoms with van der Waals surface area (Å²) in [5, 5.41) is 3.05. The molecule has 1 heterocycles. The molecule has 1 N–H and O–H groups in total. The van der Waals surface area contributed by atoms with Crippen LogP contribution in [-0.4, -0.2) is 25.1 Å². The number of hydrogen-bond donors (Lipinski definition) is 1. The number of amides is 1. The van der Waals surface area contributed by atoms with E-state index in [1.165, 1.54) is 6.07 Å². The zero-order valence-corrected chi connectivity index (χ0v) is 14.8. The first-order valence-corrected chi connectivity index (χ1v) is 8.44. The van der Waals surface area contributed by atoms with Gasteiger partial charge in [0.05, 0.1) is 5.92 Å². The Kier molecular flexibility index (Phi) is 5.42. The molecule has 3 rings (SSSR count). The summed E-state index contributed by atoms with van der Waals surface area (Å²) < 4.78 is 24.1. The summed E-state index contributed by atoms with van der Waals surface area (Å²) in [6.45, 7) is 1.35. The van der Waals surface area contributed by atoms with Crippen LogP contribution in [0.25, 0.3) is 0 Å². The lowest BCUT2D eigenvalue weighted by Gasteiger charge is -2.24. The summed E-state index contributed by atoms with van der Waals surface area (Å²) in [5.41, 5.74) is 1.61. The molecule has 1 atom stereocenters. The Bertz CT molecular complexity index is 855. The van der Waals surface area contributed by atoms with Crippen molar-refractivity contribution < 1.29 is 23.5 Å². The van der Waals surface area contributed by atoms with Gasteiger partial charge in [0.1, 0.15) is 18.2 Å². The smallest absolute Gasteiger partial charge is 0.313 e. The molecule has 0 aromatic heterocycles. The molecule has 26 heavy (non-hydrogen) atoms. The third-order valence-corrected chi connectivity index (χ3v) is 4.30. The van der Waals surface area contributed by atoms with Crippen molar-refractivity contribution >= 4 is 29.2 Å². The topological polar surface area (TPSA) is 64.6 Å². The van der Waals surface area contributed by atoms with E-state index >= 15 is 0 Å². The van der Waals surface area contributed by atoms with E-state index in [0.717, 1.165) is 5.56 Å². The summed E-state index contributed by atoms with van der Waals surface area (Å²) in [7, 11) is 0. The molecule has 5 nitrogen and oxygen atoms in total. The molecule has 1 amide bonds. The van der Waals surface area contributed by atoms with Crippen molar-refractivity contribution in [2.45, 2.75) is 13.3 Å². The zero-order valence-electron chi connectivity index (χ0n) is 14.1. The Balaban J connectivity index is 1.52. The molecule has 1 aliphatic heterocycles. The van der Waals surface area contributed by atoms with Gasteiger partial charge in [-0.2, -0.15) is 0 Å². The van der Waals surface area contributed by atoms with Crippen LogP contribution < -0.4 is 10.1 Å². The number of benzene rings is 2. The summed E-state index contributed by atoms with van der Waals surface area (Å²) >= 11 is 5.95. The maximum absolute atomic E-state index is 13.5. The van der Waals surface area contributed by atoms with E-state index in [1.807, 2.05) is 0 Å². The van der Waals surface area contributed by atoms with E-state index in [9.17, 15) is 14.0 Å². The van der Waals surface area contributed by atoms with Crippen LogP contribution in [0.3, 0.4) is 0 Å². The molecule has 0 bridgehead atoms. The van der Waals surface area contributed by atoms with Gasteiger partial charge < -0.3 is 14.8 Å². The van der Waals surface area contributed by atoms with Gasteiger partial charge in [0.2, 0.25) is 0 Å². The molecule has 0 aliphatic carbocycles. The van der Waals surface area contributed by atoms with Crippen LogP contribution in [0.5, 0.6) is 5.75 Å². The molecular weight excluding hydrogens is 361 g/mol. The van der Waals surface area contributed by atoms with Gasteiger partial charge in [-0.25, -0.2) is 4.39 Å². The molecule has 7 heteroatoms. The van der Waals surface area contributed by atoms with Gasteiger partial charge in [-0.3, -0.25) is 9.59 Å². The van der Waals surface area contributed by atoms with Crippen molar-refractivity contribution in [3.63, 3.8) is 0 Å². The van der Waals surface area contributed by atoms with Crippen LogP contribution in [0.2, 0.25) is 5.02 Å². The third kappa shape index (κ3) is 4.32. The van der Waals surface area contributed by atoms with Crippen LogP contribution in [0.1, 0.15) is 11.1 Å². The molecule has 0 spiro atoms. The predicted molar refractivity (Wildman–Crippen MR) is 94.9 cm³/mol. The lowest BCUT2D eigenvalue weighted by Crippen LogP contribution is -2.32. The van der Waals surface area contributed by atoms with Crippen LogP contribution in [-0.2, 0) is 20.7 Å². The maximum atomic E-state index is 13.5. The largest absolute Gasteiger partial charge is 0.492 e. The Labute approximate surface area is 155 Å². The van der Waals surface area contributed by atoms with Gasteiger partial charge in [0.15, 0.2) is 6.61 Å². The Morgan fingerprint density at radius 3 is 2.88 bits per heavy atom. The van der Waals surface area contributed by atoms with Crippen LogP contribution >= 0.6 is 11.6 Å². The first-order valence-electron chi connectivity index (χ1n) is 8.06. The number of hydrogen-bond acceptors (Lipinski definition) is 4. The van der Waals surface area contributed by atoms with Gasteiger partial charge in [0, 0.05) is 10.7 Å². The number of carbonyl (C=O) groups excluding carboxylic acids is 2. The Morgan fingerprint density at radius 1 is 1.31 bits per heavy atom. The van der Waals surface area contributed by atoms with E-state index in [0.29, 0.717) is 28.4 Å². The van der Waals surface area contributed by atoms with Crippen molar-refractivity contribution in [1.29, 1.82) is 0 Å². The fourth-order valence-electron chi connectivity index (χ4n) is 2.64. The van der Waals surface area contributed by atoms with Gasteiger partial charge in [0.25, 0.3) is 5.91 Å². The standard InChI is InChI=1S/C19H17ClFNO4/c1-11-2-4-15(8-16(11)21)22-18(23)10-26-19(24)13-6-12-7-14(20)3-5-17(12)25-9-13/h2-5,7-8,13H,6,9-10H2,1H3,(H,22,23)/t13-/m1/s1.